The van der Waals surface area contributed by atoms with Gasteiger partial charge in [0.25, 0.3) is 11.8 Å². The lowest BCUT2D eigenvalue weighted by Crippen LogP contribution is -2.34. The van der Waals surface area contributed by atoms with Crippen LogP contribution in [0.3, 0.4) is 0 Å². The maximum Gasteiger partial charge on any atom is 0.265 e. The van der Waals surface area contributed by atoms with Gasteiger partial charge in [0.1, 0.15) is 5.75 Å². The van der Waals surface area contributed by atoms with Crippen LogP contribution in [0.1, 0.15) is 17.3 Å². The molecule has 124 valence electrons. The van der Waals surface area contributed by atoms with Gasteiger partial charge in [-0.2, -0.15) is 0 Å². The molecule has 2 N–H and O–H groups in total. The normalized spacial score (nSPS) is 15.9. The molecular formula is C19H15N3O3. The number of rotatable bonds is 2. The third kappa shape index (κ3) is 2.78. The van der Waals surface area contributed by atoms with Crippen LogP contribution in [0.15, 0.2) is 54.7 Å². The fraction of sp³-hybridized carbons (Fsp3) is 0.105. The van der Waals surface area contributed by atoms with Gasteiger partial charge in [0, 0.05) is 17.3 Å². The largest absolute Gasteiger partial charge is 0.479 e. The lowest BCUT2D eigenvalue weighted by molar-refractivity contribution is -0.122. The zero-order valence-electron chi connectivity index (χ0n) is 13.4. The highest BCUT2D eigenvalue weighted by atomic mass is 16.5. The fourth-order valence-corrected chi connectivity index (χ4v) is 2.77. The van der Waals surface area contributed by atoms with Crippen LogP contribution in [-0.2, 0) is 4.79 Å². The lowest BCUT2D eigenvalue weighted by Gasteiger charge is -2.23. The minimum atomic E-state index is -0.533. The van der Waals surface area contributed by atoms with Gasteiger partial charge in [-0.1, -0.05) is 18.2 Å². The Labute approximate surface area is 143 Å². The second-order valence-electron chi connectivity index (χ2n) is 5.80. The molecule has 1 unspecified atom stereocenters. The predicted molar refractivity (Wildman–Crippen MR) is 94.9 cm³/mol. The summed E-state index contributed by atoms with van der Waals surface area (Å²) < 4.78 is 5.51. The first-order chi connectivity index (χ1) is 12.1. The summed E-state index contributed by atoms with van der Waals surface area (Å²) in [6, 6.07) is 14.3. The van der Waals surface area contributed by atoms with Crippen molar-refractivity contribution < 1.29 is 14.3 Å². The van der Waals surface area contributed by atoms with E-state index in [4.69, 9.17) is 4.74 Å². The zero-order valence-corrected chi connectivity index (χ0v) is 13.4. The van der Waals surface area contributed by atoms with Gasteiger partial charge in [-0.05, 0) is 37.3 Å². The molecule has 0 aliphatic carbocycles. The van der Waals surface area contributed by atoms with Crippen molar-refractivity contribution in [3.8, 4) is 5.75 Å². The molecule has 6 heteroatoms. The number of benzene rings is 2. The Morgan fingerprint density at radius 2 is 2.04 bits per heavy atom. The van der Waals surface area contributed by atoms with E-state index in [1.807, 2.05) is 24.3 Å². The van der Waals surface area contributed by atoms with Gasteiger partial charge < -0.3 is 15.4 Å². The fourth-order valence-electron chi connectivity index (χ4n) is 2.77. The molecule has 0 radical (unpaired) electrons. The molecule has 0 bridgehead atoms. The van der Waals surface area contributed by atoms with Crippen LogP contribution in [0.5, 0.6) is 5.75 Å². The van der Waals surface area contributed by atoms with E-state index in [9.17, 15) is 9.59 Å². The van der Waals surface area contributed by atoms with E-state index in [1.54, 1.807) is 37.4 Å². The van der Waals surface area contributed by atoms with Gasteiger partial charge in [-0.25, -0.2) is 0 Å². The molecule has 3 aromatic rings. The zero-order chi connectivity index (χ0) is 17.4. The van der Waals surface area contributed by atoms with E-state index in [2.05, 4.69) is 15.6 Å². The van der Waals surface area contributed by atoms with Crippen LogP contribution in [0.25, 0.3) is 10.9 Å². The van der Waals surface area contributed by atoms with Crippen molar-refractivity contribution in [2.24, 2.45) is 0 Å². The first kappa shape index (κ1) is 15.1. The molecule has 2 amide bonds. The van der Waals surface area contributed by atoms with Crippen LogP contribution in [0, 0.1) is 0 Å². The van der Waals surface area contributed by atoms with Crippen LogP contribution in [0.2, 0.25) is 0 Å². The van der Waals surface area contributed by atoms with Crippen LogP contribution in [-0.4, -0.2) is 22.9 Å². The summed E-state index contributed by atoms with van der Waals surface area (Å²) in [7, 11) is 0. The summed E-state index contributed by atoms with van der Waals surface area (Å²) >= 11 is 0. The Kier molecular flexibility index (Phi) is 3.57. The summed E-state index contributed by atoms with van der Waals surface area (Å²) in [6.07, 6.45) is 1.13. The quantitative estimate of drug-likeness (QED) is 0.755. The standard InChI is InChI=1S/C19H15N3O3/c1-11-18(23)22-15-10-13(7-8-16(15)25-11)21-19(24)14-6-2-4-12-5-3-9-20-17(12)14/h2-11H,1H3,(H,21,24)(H,22,23). The molecule has 6 nitrogen and oxygen atoms in total. The van der Waals surface area contributed by atoms with Crippen LogP contribution < -0.4 is 15.4 Å². The first-order valence-electron chi connectivity index (χ1n) is 7.88. The molecule has 4 rings (SSSR count). The molecule has 1 aliphatic heterocycles. The van der Waals surface area contributed by atoms with Gasteiger partial charge in [-0.15, -0.1) is 0 Å². The highest BCUT2D eigenvalue weighted by molar-refractivity contribution is 6.12. The Bertz CT molecular complexity index is 995. The average molecular weight is 333 g/mol. The summed E-state index contributed by atoms with van der Waals surface area (Å²) in [6.45, 7) is 1.68. The van der Waals surface area contributed by atoms with Crippen molar-refractivity contribution in [3.63, 3.8) is 0 Å². The minimum absolute atomic E-state index is 0.214. The smallest absolute Gasteiger partial charge is 0.265 e. The Balaban J connectivity index is 1.63. The number of amides is 2. The molecule has 0 saturated carbocycles. The van der Waals surface area contributed by atoms with Crippen molar-refractivity contribution in [3.05, 3.63) is 60.3 Å². The third-order valence-electron chi connectivity index (χ3n) is 4.05. The van der Waals surface area contributed by atoms with Gasteiger partial charge in [0.2, 0.25) is 0 Å². The van der Waals surface area contributed by atoms with Crippen molar-refractivity contribution >= 4 is 34.1 Å². The Morgan fingerprint density at radius 1 is 1.20 bits per heavy atom. The number of hydrogen-bond acceptors (Lipinski definition) is 4. The average Bonchev–Trinajstić information content (AvgIpc) is 2.62. The predicted octanol–water partition coefficient (Wildman–Crippen LogP) is 3.21. The summed E-state index contributed by atoms with van der Waals surface area (Å²) in [5.74, 6) is 0.104. The molecule has 25 heavy (non-hydrogen) atoms. The van der Waals surface area contributed by atoms with Crippen molar-refractivity contribution in [2.45, 2.75) is 13.0 Å². The highest BCUT2D eigenvalue weighted by Gasteiger charge is 2.23. The van der Waals surface area contributed by atoms with Gasteiger partial charge in [0.05, 0.1) is 16.8 Å². The third-order valence-corrected chi connectivity index (χ3v) is 4.05. The topological polar surface area (TPSA) is 80.3 Å². The second-order valence-corrected chi connectivity index (χ2v) is 5.80. The van der Waals surface area contributed by atoms with Crippen molar-refractivity contribution in [2.75, 3.05) is 10.6 Å². The van der Waals surface area contributed by atoms with Gasteiger partial charge >= 0.3 is 0 Å². The molecule has 1 aromatic heterocycles. The van der Waals surface area contributed by atoms with Gasteiger partial charge in [-0.3, -0.25) is 14.6 Å². The number of fused-ring (bicyclic) bond motifs is 2. The number of hydrogen-bond donors (Lipinski definition) is 2. The summed E-state index contributed by atoms with van der Waals surface area (Å²) in [4.78, 5) is 28.7. The number of carbonyl (C=O) groups is 2. The number of para-hydroxylation sites is 1. The number of carbonyl (C=O) groups excluding carboxylic acids is 2. The van der Waals surface area contributed by atoms with E-state index >= 15 is 0 Å². The van der Waals surface area contributed by atoms with E-state index in [0.29, 0.717) is 28.2 Å². The highest BCUT2D eigenvalue weighted by Crippen LogP contribution is 2.32. The number of aromatic nitrogens is 1. The lowest BCUT2D eigenvalue weighted by atomic mass is 10.1. The minimum Gasteiger partial charge on any atom is -0.479 e. The molecule has 0 spiro atoms. The molecular weight excluding hydrogens is 318 g/mol. The van der Waals surface area contributed by atoms with Crippen LogP contribution in [0.4, 0.5) is 11.4 Å². The number of nitrogens with zero attached hydrogens (tertiary/aromatic N) is 1. The Hall–Kier alpha value is -3.41. The molecule has 0 saturated heterocycles. The van der Waals surface area contributed by atoms with Crippen molar-refractivity contribution in [1.29, 1.82) is 0 Å². The van der Waals surface area contributed by atoms with E-state index in [1.165, 1.54) is 0 Å². The van der Waals surface area contributed by atoms with Gasteiger partial charge in [0.15, 0.2) is 6.10 Å². The van der Waals surface area contributed by atoms with Crippen molar-refractivity contribution in [1.82, 2.24) is 4.98 Å². The second kappa shape index (κ2) is 5.90. The number of ether oxygens (including phenoxy) is 1. The molecule has 2 heterocycles. The molecule has 1 aliphatic rings. The maximum absolute atomic E-state index is 12.6. The summed E-state index contributed by atoms with van der Waals surface area (Å²) in [5, 5.41) is 6.50. The van der Waals surface area contributed by atoms with Crippen LogP contribution >= 0.6 is 0 Å². The summed E-state index contributed by atoms with van der Waals surface area (Å²) in [5.41, 5.74) is 2.24. The Morgan fingerprint density at radius 3 is 2.92 bits per heavy atom. The number of nitrogens with one attached hydrogen (secondary N) is 2. The monoisotopic (exact) mass is 333 g/mol. The van der Waals surface area contributed by atoms with E-state index < -0.39 is 6.10 Å². The van der Waals surface area contributed by atoms with E-state index in [0.717, 1.165) is 5.39 Å². The maximum atomic E-state index is 12.6. The first-order valence-corrected chi connectivity index (χ1v) is 7.88. The number of anilines is 2. The molecule has 2 aromatic carbocycles. The van der Waals surface area contributed by atoms with E-state index in [-0.39, 0.29) is 11.8 Å². The molecule has 1 atom stereocenters. The molecule has 0 fully saturated rings. The SMILES string of the molecule is CC1Oc2ccc(NC(=O)c3cccc4cccnc34)cc2NC1=O. The number of pyridine rings is 1.